The Labute approximate surface area is 164 Å². The number of anilines is 1. The number of amides is 2. The zero-order valence-corrected chi connectivity index (χ0v) is 15.2. The van der Waals surface area contributed by atoms with Crippen LogP contribution in [-0.2, 0) is 21.0 Å². The third kappa shape index (κ3) is 2.52. The lowest BCUT2D eigenvalue weighted by molar-refractivity contribution is -0.298. The molecule has 2 fully saturated rings. The molecule has 0 unspecified atom stereocenters. The van der Waals surface area contributed by atoms with Crippen molar-refractivity contribution in [1.82, 2.24) is 5.06 Å². The summed E-state index contributed by atoms with van der Waals surface area (Å²) in [5.41, 5.74) is -0.433. The van der Waals surface area contributed by atoms with E-state index < -0.39 is 23.2 Å². The molecule has 0 radical (unpaired) electrons. The Bertz CT molecular complexity index is 996. The van der Waals surface area contributed by atoms with Crippen LogP contribution in [0.2, 0.25) is 5.02 Å². The van der Waals surface area contributed by atoms with E-state index in [0.717, 1.165) is 5.06 Å². The average molecular weight is 405 g/mol. The van der Waals surface area contributed by atoms with Crippen molar-refractivity contribution in [3.8, 4) is 11.5 Å². The molecule has 0 bridgehead atoms. The number of rotatable bonds is 3. The predicted octanol–water partition coefficient (Wildman–Crippen LogP) is 2.66. The standard InChI is InChI=1S/C19H14ClFN2O5/c20-12-5-11(6-13(21)7-12)9-23-18(25)19(28-23)3-4-22(17(19)24)14-1-2-15-16(8-14)27-10-26-15/h1-2,5-8H,3-4,9-10H2/t19-/m0/s1. The first-order valence-electron chi connectivity index (χ1n) is 8.64. The van der Waals surface area contributed by atoms with E-state index in [-0.39, 0.29) is 24.8 Å². The van der Waals surface area contributed by atoms with Gasteiger partial charge in [-0.05, 0) is 35.9 Å². The van der Waals surface area contributed by atoms with Crippen LogP contribution in [0.25, 0.3) is 0 Å². The highest BCUT2D eigenvalue weighted by atomic mass is 35.5. The average Bonchev–Trinajstić information content (AvgIpc) is 3.25. The van der Waals surface area contributed by atoms with Crippen LogP contribution in [0.5, 0.6) is 11.5 Å². The molecule has 2 amide bonds. The van der Waals surface area contributed by atoms with Crippen molar-refractivity contribution in [2.45, 2.75) is 18.6 Å². The third-order valence-electron chi connectivity index (χ3n) is 5.03. The summed E-state index contributed by atoms with van der Waals surface area (Å²) in [5.74, 6) is -0.208. The summed E-state index contributed by atoms with van der Waals surface area (Å²) in [7, 11) is 0. The second-order valence-corrected chi connectivity index (χ2v) is 7.22. The summed E-state index contributed by atoms with van der Waals surface area (Å²) >= 11 is 5.84. The highest BCUT2D eigenvalue weighted by Crippen LogP contribution is 2.42. The van der Waals surface area contributed by atoms with Crippen molar-refractivity contribution >= 4 is 29.1 Å². The first-order valence-corrected chi connectivity index (χ1v) is 9.02. The molecule has 5 rings (SSSR count). The van der Waals surface area contributed by atoms with Crippen molar-refractivity contribution in [1.29, 1.82) is 0 Å². The lowest BCUT2D eigenvalue weighted by atomic mass is 9.97. The van der Waals surface area contributed by atoms with Crippen LogP contribution in [-0.4, -0.2) is 35.8 Å². The number of ether oxygens (including phenoxy) is 2. The van der Waals surface area contributed by atoms with Crippen molar-refractivity contribution in [2.75, 3.05) is 18.2 Å². The molecule has 2 aromatic rings. The summed E-state index contributed by atoms with van der Waals surface area (Å²) < 4.78 is 24.1. The Morgan fingerprint density at radius 1 is 1.07 bits per heavy atom. The van der Waals surface area contributed by atoms with Crippen LogP contribution in [0.4, 0.5) is 10.1 Å². The van der Waals surface area contributed by atoms with Gasteiger partial charge in [0.15, 0.2) is 11.5 Å². The molecule has 2 saturated heterocycles. The SMILES string of the molecule is O=C1N(Cc2cc(F)cc(Cl)c2)O[C@]12CCN(c1ccc3c(c1)OCO3)C2=O. The van der Waals surface area contributed by atoms with Gasteiger partial charge in [0.2, 0.25) is 6.79 Å². The van der Waals surface area contributed by atoms with Gasteiger partial charge < -0.3 is 14.4 Å². The van der Waals surface area contributed by atoms with Crippen LogP contribution in [0, 0.1) is 5.82 Å². The monoisotopic (exact) mass is 404 g/mol. The van der Waals surface area contributed by atoms with E-state index in [0.29, 0.717) is 29.3 Å². The summed E-state index contributed by atoms with van der Waals surface area (Å²) in [6.45, 7) is 0.483. The minimum atomic E-state index is -1.52. The molecule has 2 aromatic carbocycles. The van der Waals surface area contributed by atoms with Crippen molar-refractivity contribution in [3.63, 3.8) is 0 Å². The molecule has 1 spiro atoms. The molecule has 0 N–H and O–H groups in total. The van der Waals surface area contributed by atoms with Crippen LogP contribution in [0.1, 0.15) is 12.0 Å². The number of halogens is 2. The zero-order chi connectivity index (χ0) is 19.5. The Hall–Kier alpha value is -2.84. The molecular weight excluding hydrogens is 391 g/mol. The largest absolute Gasteiger partial charge is 0.454 e. The number of hydrogen-bond acceptors (Lipinski definition) is 5. The fourth-order valence-electron chi connectivity index (χ4n) is 3.68. The summed E-state index contributed by atoms with van der Waals surface area (Å²) in [6.07, 6.45) is 0.236. The topological polar surface area (TPSA) is 68.3 Å². The van der Waals surface area contributed by atoms with E-state index in [1.807, 2.05) is 0 Å². The predicted molar refractivity (Wildman–Crippen MR) is 95.3 cm³/mol. The fourth-order valence-corrected chi connectivity index (χ4v) is 3.93. The van der Waals surface area contributed by atoms with Gasteiger partial charge in [-0.2, -0.15) is 0 Å². The van der Waals surface area contributed by atoms with Crippen LogP contribution < -0.4 is 14.4 Å². The maximum atomic E-state index is 13.5. The van der Waals surface area contributed by atoms with Crippen molar-refractivity contribution < 1.29 is 28.3 Å². The fraction of sp³-hybridized carbons (Fsp3) is 0.263. The van der Waals surface area contributed by atoms with Gasteiger partial charge in [0.1, 0.15) is 5.82 Å². The normalized spacial score (nSPS) is 22.9. The molecule has 7 nitrogen and oxygen atoms in total. The maximum absolute atomic E-state index is 13.5. The maximum Gasteiger partial charge on any atom is 0.291 e. The quantitative estimate of drug-likeness (QED) is 0.736. The molecule has 3 aliphatic heterocycles. The smallest absolute Gasteiger partial charge is 0.291 e. The molecule has 0 aliphatic carbocycles. The van der Waals surface area contributed by atoms with E-state index in [1.54, 1.807) is 24.3 Å². The first-order chi connectivity index (χ1) is 13.5. The summed E-state index contributed by atoms with van der Waals surface area (Å²) in [6, 6.07) is 9.15. The Morgan fingerprint density at radius 3 is 2.68 bits per heavy atom. The Kier molecular flexibility index (Phi) is 3.75. The second-order valence-electron chi connectivity index (χ2n) is 6.78. The van der Waals surface area contributed by atoms with Crippen LogP contribution >= 0.6 is 11.6 Å². The third-order valence-corrected chi connectivity index (χ3v) is 5.25. The number of hydroxylamine groups is 2. The number of fused-ring (bicyclic) bond motifs is 1. The minimum absolute atomic E-state index is 0.00929. The highest BCUT2D eigenvalue weighted by molar-refractivity contribution is 6.30. The van der Waals surface area contributed by atoms with E-state index in [1.165, 1.54) is 17.0 Å². The van der Waals surface area contributed by atoms with E-state index >= 15 is 0 Å². The molecule has 144 valence electrons. The van der Waals surface area contributed by atoms with Gasteiger partial charge in [0.05, 0.1) is 6.54 Å². The molecule has 9 heteroatoms. The molecule has 0 aromatic heterocycles. The first kappa shape index (κ1) is 17.3. The van der Waals surface area contributed by atoms with Gasteiger partial charge >= 0.3 is 0 Å². The number of carbonyl (C=O) groups excluding carboxylic acids is 2. The van der Waals surface area contributed by atoms with E-state index in [9.17, 15) is 14.0 Å². The number of carbonyl (C=O) groups is 2. The lowest BCUT2D eigenvalue weighted by Crippen LogP contribution is -2.67. The number of benzene rings is 2. The molecule has 1 atom stereocenters. The lowest BCUT2D eigenvalue weighted by Gasteiger charge is -2.43. The van der Waals surface area contributed by atoms with Gasteiger partial charge in [-0.3, -0.25) is 9.59 Å². The van der Waals surface area contributed by atoms with Crippen molar-refractivity contribution in [3.05, 3.63) is 52.8 Å². The highest BCUT2D eigenvalue weighted by Gasteiger charge is 2.65. The number of hydrogen-bond donors (Lipinski definition) is 0. The van der Waals surface area contributed by atoms with Crippen LogP contribution in [0.15, 0.2) is 36.4 Å². The molecule has 28 heavy (non-hydrogen) atoms. The Morgan fingerprint density at radius 2 is 1.89 bits per heavy atom. The molecular formula is C19H14ClFN2O5. The van der Waals surface area contributed by atoms with Gasteiger partial charge in [0.25, 0.3) is 17.4 Å². The molecule has 3 heterocycles. The molecule has 3 aliphatic rings. The van der Waals surface area contributed by atoms with Crippen molar-refractivity contribution in [2.24, 2.45) is 0 Å². The zero-order valence-electron chi connectivity index (χ0n) is 14.5. The number of nitrogens with zero attached hydrogens (tertiary/aromatic N) is 2. The second kappa shape index (κ2) is 6.08. The Balaban J connectivity index is 1.32. The summed E-state index contributed by atoms with van der Waals surface area (Å²) in [5, 5.41) is 1.29. The van der Waals surface area contributed by atoms with Crippen LogP contribution in [0.3, 0.4) is 0 Å². The van der Waals surface area contributed by atoms with Gasteiger partial charge in [-0.25, -0.2) is 14.3 Å². The molecule has 0 saturated carbocycles. The minimum Gasteiger partial charge on any atom is -0.454 e. The van der Waals surface area contributed by atoms with Gasteiger partial charge in [-0.1, -0.05) is 11.6 Å². The van der Waals surface area contributed by atoms with E-state index in [4.69, 9.17) is 25.9 Å². The summed E-state index contributed by atoms with van der Waals surface area (Å²) in [4.78, 5) is 32.8. The van der Waals surface area contributed by atoms with E-state index in [2.05, 4.69) is 0 Å². The van der Waals surface area contributed by atoms with Gasteiger partial charge in [0, 0.05) is 29.7 Å². The van der Waals surface area contributed by atoms with Gasteiger partial charge in [-0.15, -0.1) is 0 Å².